The van der Waals surface area contributed by atoms with Gasteiger partial charge in [-0.1, -0.05) is 177 Å². The smallest absolute Gasteiger partial charge is 0.193 e. The summed E-state index contributed by atoms with van der Waals surface area (Å²) in [4.78, 5) is 6.68. The standard InChI is InChI=1S/C64H64B4N2/c1-61(2,3)23-13-27-31-21-32-28-14-25(63(7,8)9)19-37-41-42-38-20-26(64(10,11)12)16-30-34-22-33-29-15-24(62(4,5)6)18-36-40-39-35(17-23)43(27)65-47(31)55-48(32)67(45(28)37)53(41)59-60-54(42)68(46(30)38)50(34)56-49(33)66(44(29)36)52(40)58(70(56)60)57(51(39)65)69(55)59/h13-22,27,30-31,33,36-37,41-50,55-56H,1-12H3. The third-order valence-electron chi connectivity index (χ3n) is 25.6. The van der Waals surface area contributed by atoms with Crippen LogP contribution in [0.5, 0.6) is 0 Å². The van der Waals surface area contributed by atoms with E-state index in [-0.39, 0.29) is 21.7 Å². The zero-order valence-electron chi connectivity index (χ0n) is 43.4. The maximum Gasteiger partial charge on any atom is 0.193 e. The summed E-state index contributed by atoms with van der Waals surface area (Å²) in [5.41, 5.74) is 36.6. The number of nitrogens with zero attached hydrogens (tertiary/aromatic N) is 2. The summed E-state index contributed by atoms with van der Waals surface area (Å²) in [6.07, 6.45) is 29.2. The summed E-state index contributed by atoms with van der Waals surface area (Å²) in [7, 11) is 0. The Bertz CT molecular complexity index is 3540. The van der Waals surface area contributed by atoms with E-state index in [1.807, 2.05) is 66.7 Å². The van der Waals surface area contributed by atoms with Crippen LogP contribution in [0, 0.1) is 63.1 Å². The van der Waals surface area contributed by atoms with Crippen molar-refractivity contribution in [2.45, 2.75) is 148 Å². The van der Waals surface area contributed by atoms with Crippen molar-refractivity contribution in [1.82, 2.24) is 0 Å². The van der Waals surface area contributed by atoms with E-state index in [1.165, 1.54) is 0 Å². The fourth-order valence-corrected chi connectivity index (χ4v) is 24.0. The fourth-order valence-electron chi connectivity index (χ4n) is 24.0. The molecule has 7 aliphatic carbocycles. The first-order chi connectivity index (χ1) is 33.3. The van der Waals surface area contributed by atoms with Crippen molar-refractivity contribution in [3.63, 3.8) is 0 Å². The van der Waals surface area contributed by atoms with Gasteiger partial charge < -0.3 is 9.80 Å². The highest BCUT2D eigenvalue weighted by Gasteiger charge is 2.82. The maximum absolute atomic E-state index is 3.34. The van der Waals surface area contributed by atoms with E-state index in [9.17, 15) is 0 Å². The number of allylic oxidation sites excluding steroid dienone is 20. The summed E-state index contributed by atoms with van der Waals surface area (Å²) in [5.74, 6) is 9.31. The number of rotatable bonds is 0. The summed E-state index contributed by atoms with van der Waals surface area (Å²) in [6, 6.07) is 1.10. The molecule has 0 spiro atoms. The van der Waals surface area contributed by atoms with Crippen molar-refractivity contribution in [2.24, 2.45) is 63.1 Å². The Balaban J connectivity index is 0.978. The van der Waals surface area contributed by atoms with E-state index in [4.69, 9.17) is 0 Å². The second-order valence-corrected chi connectivity index (χ2v) is 31.6. The molecule has 0 aromatic heterocycles. The highest BCUT2D eigenvalue weighted by atomic mass is 15.3. The van der Waals surface area contributed by atoms with Gasteiger partial charge in [0.2, 0.25) is 0 Å². The second kappa shape index (κ2) is 10.1. The van der Waals surface area contributed by atoms with Gasteiger partial charge in [-0.15, -0.1) is 0 Å². The average Bonchev–Trinajstić information content (AvgIpc) is 4.19. The van der Waals surface area contributed by atoms with Crippen LogP contribution < -0.4 is 20.7 Å². The third-order valence-corrected chi connectivity index (χ3v) is 25.6. The van der Waals surface area contributed by atoms with Gasteiger partial charge in [0, 0.05) is 23.9 Å². The number of fused-ring (bicyclic) bond motifs is 10. The van der Waals surface area contributed by atoms with E-state index in [1.54, 1.807) is 44.8 Å². The van der Waals surface area contributed by atoms with Gasteiger partial charge in [-0.25, -0.2) is 0 Å². The van der Waals surface area contributed by atoms with Crippen molar-refractivity contribution in [2.75, 3.05) is 9.80 Å². The Morgan fingerprint density at radius 1 is 0.414 bits per heavy atom. The molecule has 21 rings (SSSR count). The molecule has 6 fully saturated rings. The van der Waals surface area contributed by atoms with Crippen LogP contribution in [0.3, 0.4) is 0 Å². The predicted octanol–water partition coefficient (Wildman–Crippen LogP) is 12.6. The SMILES string of the molecule is CC(C)(C)C1=CC2C3=CC4C5=CC(C(C)(C)C)=CC6c7c8c9c%10c%11c7C7=CC(C(C)(C)C)=CC%12C7B%11C7C%12C=C%11C%12=CC(C(C)(C)C)=CC%13C%12B%12C%14=C(C%15=C%16B(C2C(=C1)C%16C%14%13)C3C(C4B8C56)N%159)N%10C7C%12%11. The zero-order valence-corrected chi connectivity index (χ0v) is 43.4. The second-order valence-electron chi connectivity index (χ2n) is 31.6. The molecular weight excluding hydrogens is 840 g/mol. The quantitative estimate of drug-likeness (QED) is 0.189. The molecule has 342 valence electrons. The molecule has 18 atom stereocenters. The molecule has 0 bridgehead atoms. The lowest BCUT2D eigenvalue weighted by molar-refractivity contribution is 0.361. The van der Waals surface area contributed by atoms with Crippen LogP contribution in [0.25, 0.3) is 5.57 Å². The summed E-state index contributed by atoms with van der Waals surface area (Å²) < 4.78 is 0. The lowest BCUT2D eigenvalue weighted by Crippen LogP contribution is -2.69. The zero-order chi connectivity index (χ0) is 46.5. The first-order valence-electron chi connectivity index (χ1n) is 28.8. The van der Waals surface area contributed by atoms with Crippen molar-refractivity contribution in [3.8, 4) is 0 Å². The number of benzene rings is 1. The molecule has 6 heteroatoms. The third kappa shape index (κ3) is 3.33. The van der Waals surface area contributed by atoms with Gasteiger partial charge >= 0.3 is 0 Å². The molecular formula is C64H64B4N2. The van der Waals surface area contributed by atoms with Gasteiger partial charge in [0.1, 0.15) is 0 Å². The van der Waals surface area contributed by atoms with Crippen LogP contribution in [-0.2, 0) is 0 Å². The molecule has 13 heterocycles. The highest BCUT2D eigenvalue weighted by Crippen LogP contribution is 2.85. The van der Waals surface area contributed by atoms with E-state index in [0.29, 0.717) is 133 Å². The van der Waals surface area contributed by atoms with Gasteiger partial charge in [0.25, 0.3) is 0 Å². The van der Waals surface area contributed by atoms with Crippen LogP contribution >= 0.6 is 0 Å². The first kappa shape index (κ1) is 37.7. The molecule has 1 aromatic rings. The molecule has 13 aliphatic heterocycles. The maximum atomic E-state index is 3.34. The Morgan fingerprint density at radius 2 is 0.986 bits per heavy atom. The van der Waals surface area contributed by atoms with Gasteiger partial charge in [-0.2, -0.15) is 0 Å². The monoisotopic (exact) mass is 905 g/mol. The summed E-state index contributed by atoms with van der Waals surface area (Å²) >= 11 is 0. The van der Waals surface area contributed by atoms with Crippen LogP contribution in [0.2, 0.25) is 46.5 Å². The van der Waals surface area contributed by atoms with Gasteiger partial charge in [-0.3, -0.25) is 0 Å². The largest absolute Gasteiger partial charge is 0.337 e. The van der Waals surface area contributed by atoms with Gasteiger partial charge in [0.15, 0.2) is 26.9 Å². The predicted molar refractivity (Wildman–Crippen MR) is 291 cm³/mol. The van der Waals surface area contributed by atoms with Crippen molar-refractivity contribution in [3.05, 3.63) is 144 Å². The molecule has 0 N–H and O–H groups in total. The fraction of sp³-hybridized carbons (Fsp3) is 0.531. The lowest BCUT2D eigenvalue weighted by Gasteiger charge is -2.66. The van der Waals surface area contributed by atoms with Gasteiger partial charge in [0.05, 0.1) is 22.8 Å². The molecule has 2 nitrogen and oxygen atoms in total. The molecule has 1 aromatic carbocycles. The van der Waals surface area contributed by atoms with Crippen molar-refractivity contribution >= 4 is 54.7 Å². The van der Waals surface area contributed by atoms with Crippen LogP contribution in [0.4, 0.5) is 11.4 Å². The first-order valence-corrected chi connectivity index (χ1v) is 28.8. The highest BCUT2D eigenvalue weighted by molar-refractivity contribution is 6.88. The molecule has 20 aliphatic rings. The Labute approximate surface area is 417 Å². The molecule has 70 heavy (non-hydrogen) atoms. The Kier molecular flexibility index (Phi) is 5.45. The van der Waals surface area contributed by atoms with E-state index in [2.05, 4.69) is 154 Å². The van der Waals surface area contributed by atoms with Crippen LogP contribution in [0.15, 0.2) is 133 Å². The number of anilines is 2. The molecule has 0 saturated carbocycles. The molecule has 0 radical (unpaired) electrons. The minimum atomic E-state index is 0.108. The van der Waals surface area contributed by atoms with E-state index >= 15 is 0 Å². The summed E-state index contributed by atoms with van der Waals surface area (Å²) in [5, 5.41) is 0. The normalized spacial score (nSPS) is 45.1. The summed E-state index contributed by atoms with van der Waals surface area (Å²) in [6.45, 7) is 32.8. The average molecular weight is 904 g/mol. The Hall–Kier alpha value is -4.04. The minimum Gasteiger partial charge on any atom is -0.337 e. The van der Waals surface area contributed by atoms with E-state index in [0.717, 1.165) is 0 Å². The lowest BCUT2D eigenvalue weighted by atomic mass is 9.22. The molecule has 18 unspecified atom stereocenters. The van der Waals surface area contributed by atoms with Crippen molar-refractivity contribution < 1.29 is 0 Å². The van der Waals surface area contributed by atoms with Crippen molar-refractivity contribution in [1.29, 1.82) is 0 Å². The molecule has 6 saturated heterocycles. The minimum absolute atomic E-state index is 0.108. The molecule has 0 amide bonds. The number of hydrogen-bond donors (Lipinski definition) is 0. The van der Waals surface area contributed by atoms with Gasteiger partial charge in [-0.05, 0) is 159 Å². The Morgan fingerprint density at radius 3 is 1.71 bits per heavy atom. The van der Waals surface area contributed by atoms with E-state index < -0.39 is 0 Å². The van der Waals surface area contributed by atoms with Crippen LogP contribution in [0.1, 0.15) is 100 Å². The number of hydrogen-bond acceptors (Lipinski definition) is 2. The topological polar surface area (TPSA) is 6.48 Å². The van der Waals surface area contributed by atoms with Crippen LogP contribution in [-0.4, -0.2) is 38.9 Å².